The lowest BCUT2D eigenvalue weighted by atomic mass is 10.1. The third-order valence-corrected chi connectivity index (χ3v) is 3.34. The molecule has 0 aromatic heterocycles. The first-order chi connectivity index (χ1) is 8.31. The molecule has 88 valence electrons. The standard InChI is InChI=1S/C14H13IO2/c15-14-4-2-1-3-13(14)11-5-7-12(8-6-11)17-10-9-16/h1-8,16H,9-10H2. The molecule has 0 radical (unpaired) electrons. The summed E-state index contributed by atoms with van der Waals surface area (Å²) in [6.45, 7) is 0.376. The maximum Gasteiger partial charge on any atom is 0.119 e. The molecule has 0 saturated heterocycles. The molecule has 0 fully saturated rings. The highest BCUT2D eigenvalue weighted by atomic mass is 127. The second-order valence-electron chi connectivity index (χ2n) is 3.58. The predicted octanol–water partition coefficient (Wildman–Crippen LogP) is 3.33. The lowest BCUT2D eigenvalue weighted by molar-refractivity contribution is 0.201. The van der Waals surface area contributed by atoms with Crippen molar-refractivity contribution in [1.29, 1.82) is 0 Å². The number of rotatable bonds is 4. The Kier molecular flexibility index (Phi) is 4.39. The molecule has 0 heterocycles. The monoisotopic (exact) mass is 340 g/mol. The van der Waals surface area contributed by atoms with E-state index in [1.54, 1.807) is 0 Å². The van der Waals surface area contributed by atoms with Crippen LogP contribution in [0, 0.1) is 3.57 Å². The first kappa shape index (κ1) is 12.4. The fraction of sp³-hybridized carbons (Fsp3) is 0.143. The predicted molar refractivity (Wildman–Crippen MR) is 77.2 cm³/mol. The molecule has 0 aliphatic rings. The van der Waals surface area contributed by atoms with Crippen molar-refractivity contribution in [2.45, 2.75) is 0 Å². The summed E-state index contributed by atoms with van der Waals surface area (Å²) < 4.78 is 6.56. The van der Waals surface area contributed by atoms with Crippen molar-refractivity contribution in [3.8, 4) is 16.9 Å². The Hall–Kier alpha value is -1.07. The first-order valence-electron chi connectivity index (χ1n) is 5.40. The highest BCUT2D eigenvalue weighted by Gasteiger charge is 2.02. The zero-order valence-electron chi connectivity index (χ0n) is 9.27. The van der Waals surface area contributed by atoms with Crippen molar-refractivity contribution in [3.63, 3.8) is 0 Å². The van der Waals surface area contributed by atoms with Crippen LogP contribution in [0.25, 0.3) is 11.1 Å². The third kappa shape index (κ3) is 3.20. The molecule has 0 amide bonds. The second-order valence-corrected chi connectivity index (χ2v) is 4.74. The molecule has 3 heteroatoms. The smallest absolute Gasteiger partial charge is 0.119 e. The number of hydrogen-bond acceptors (Lipinski definition) is 2. The highest BCUT2D eigenvalue weighted by Crippen LogP contribution is 2.26. The van der Waals surface area contributed by atoms with Crippen molar-refractivity contribution in [3.05, 3.63) is 52.1 Å². The van der Waals surface area contributed by atoms with Gasteiger partial charge in [0.25, 0.3) is 0 Å². The number of ether oxygens (including phenoxy) is 1. The molecule has 2 nitrogen and oxygen atoms in total. The van der Waals surface area contributed by atoms with Gasteiger partial charge < -0.3 is 9.84 Å². The van der Waals surface area contributed by atoms with Crippen molar-refractivity contribution in [1.82, 2.24) is 0 Å². The van der Waals surface area contributed by atoms with Gasteiger partial charge in [0.1, 0.15) is 12.4 Å². The van der Waals surface area contributed by atoms with E-state index < -0.39 is 0 Å². The van der Waals surface area contributed by atoms with Gasteiger partial charge in [-0.25, -0.2) is 0 Å². The van der Waals surface area contributed by atoms with Crippen molar-refractivity contribution in [2.24, 2.45) is 0 Å². The molecule has 0 bridgehead atoms. The van der Waals surface area contributed by atoms with E-state index in [-0.39, 0.29) is 6.61 Å². The van der Waals surface area contributed by atoms with Crippen LogP contribution in [0.5, 0.6) is 5.75 Å². The number of aliphatic hydroxyl groups excluding tert-OH is 1. The molecular weight excluding hydrogens is 327 g/mol. The second kappa shape index (κ2) is 6.02. The summed E-state index contributed by atoms with van der Waals surface area (Å²) in [5, 5.41) is 8.67. The number of benzene rings is 2. The third-order valence-electron chi connectivity index (χ3n) is 2.40. The van der Waals surface area contributed by atoms with Gasteiger partial charge in [0.2, 0.25) is 0 Å². The quantitative estimate of drug-likeness (QED) is 0.866. The molecule has 1 N–H and O–H groups in total. The van der Waals surface area contributed by atoms with E-state index in [1.165, 1.54) is 14.7 Å². The van der Waals surface area contributed by atoms with Crippen LogP contribution in [0.15, 0.2) is 48.5 Å². The topological polar surface area (TPSA) is 29.5 Å². The van der Waals surface area contributed by atoms with Crippen LogP contribution in [-0.4, -0.2) is 18.3 Å². The molecule has 0 unspecified atom stereocenters. The van der Waals surface area contributed by atoms with Gasteiger partial charge >= 0.3 is 0 Å². The van der Waals surface area contributed by atoms with Crippen LogP contribution >= 0.6 is 22.6 Å². The molecular formula is C14H13IO2. The molecule has 2 rings (SSSR count). The summed E-state index contributed by atoms with van der Waals surface area (Å²) in [6.07, 6.45) is 0. The molecule has 17 heavy (non-hydrogen) atoms. The summed E-state index contributed by atoms with van der Waals surface area (Å²) in [5.41, 5.74) is 2.40. The van der Waals surface area contributed by atoms with E-state index in [0.29, 0.717) is 6.61 Å². The number of halogens is 1. The van der Waals surface area contributed by atoms with E-state index in [2.05, 4.69) is 34.7 Å². The summed E-state index contributed by atoms with van der Waals surface area (Å²) >= 11 is 2.33. The Balaban J connectivity index is 2.21. The fourth-order valence-corrected chi connectivity index (χ4v) is 2.29. The van der Waals surface area contributed by atoms with Crippen molar-refractivity contribution in [2.75, 3.05) is 13.2 Å². The largest absolute Gasteiger partial charge is 0.491 e. The van der Waals surface area contributed by atoms with Gasteiger partial charge in [-0.3, -0.25) is 0 Å². The van der Waals surface area contributed by atoms with Crippen LogP contribution in [0.1, 0.15) is 0 Å². The van der Waals surface area contributed by atoms with E-state index in [9.17, 15) is 0 Å². The van der Waals surface area contributed by atoms with Crippen LogP contribution < -0.4 is 4.74 Å². The van der Waals surface area contributed by atoms with Crippen LogP contribution in [0.4, 0.5) is 0 Å². The van der Waals surface area contributed by atoms with Gasteiger partial charge in [0.15, 0.2) is 0 Å². The lowest BCUT2D eigenvalue weighted by Gasteiger charge is -2.07. The van der Waals surface area contributed by atoms with Crippen LogP contribution in [-0.2, 0) is 0 Å². The summed E-state index contributed by atoms with van der Waals surface area (Å²) in [7, 11) is 0. The van der Waals surface area contributed by atoms with E-state index >= 15 is 0 Å². The van der Waals surface area contributed by atoms with Crippen LogP contribution in [0.2, 0.25) is 0 Å². The Morgan fingerprint density at radius 1 is 1.00 bits per heavy atom. The fourth-order valence-electron chi connectivity index (χ4n) is 1.59. The maximum absolute atomic E-state index is 8.67. The van der Waals surface area contributed by atoms with Gasteiger partial charge in [-0.05, 0) is 51.9 Å². The number of aliphatic hydroxyl groups is 1. The average Bonchev–Trinajstić information content (AvgIpc) is 2.38. The molecule has 2 aromatic rings. The summed E-state index contributed by atoms with van der Waals surface area (Å²) in [4.78, 5) is 0. The minimum atomic E-state index is 0.0400. The molecule has 0 aliphatic heterocycles. The Bertz CT molecular complexity index is 480. The maximum atomic E-state index is 8.67. The zero-order valence-corrected chi connectivity index (χ0v) is 11.4. The minimum absolute atomic E-state index is 0.0400. The van der Waals surface area contributed by atoms with Gasteiger partial charge in [0.05, 0.1) is 6.61 Å². The van der Waals surface area contributed by atoms with Crippen molar-refractivity contribution < 1.29 is 9.84 Å². The molecule has 0 saturated carbocycles. The first-order valence-corrected chi connectivity index (χ1v) is 6.48. The summed E-state index contributed by atoms with van der Waals surface area (Å²) in [6, 6.07) is 16.2. The molecule has 0 atom stereocenters. The van der Waals surface area contributed by atoms with Gasteiger partial charge in [-0.15, -0.1) is 0 Å². The van der Waals surface area contributed by atoms with Crippen LogP contribution in [0.3, 0.4) is 0 Å². The van der Waals surface area contributed by atoms with Gasteiger partial charge in [-0.1, -0.05) is 30.3 Å². The highest BCUT2D eigenvalue weighted by molar-refractivity contribution is 14.1. The van der Waals surface area contributed by atoms with Gasteiger partial charge in [0, 0.05) is 3.57 Å². The Morgan fingerprint density at radius 2 is 1.71 bits per heavy atom. The Morgan fingerprint density at radius 3 is 2.35 bits per heavy atom. The van der Waals surface area contributed by atoms with E-state index in [0.717, 1.165) is 5.75 Å². The SMILES string of the molecule is OCCOc1ccc(-c2ccccc2I)cc1. The summed E-state index contributed by atoms with van der Waals surface area (Å²) in [5.74, 6) is 0.786. The Labute approximate surface area is 114 Å². The van der Waals surface area contributed by atoms with E-state index in [1.807, 2.05) is 36.4 Å². The minimum Gasteiger partial charge on any atom is -0.491 e. The zero-order chi connectivity index (χ0) is 12.1. The lowest BCUT2D eigenvalue weighted by Crippen LogP contribution is -2.01. The number of hydrogen-bond donors (Lipinski definition) is 1. The van der Waals surface area contributed by atoms with Crippen molar-refractivity contribution >= 4 is 22.6 Å². The normalized spacial score (nSPS) is 10.2. The molecule has 0 aliphatic carbocycles. The van der Waals surface area contributed by atoms with Gasteiger partial charge in [-0.2, -0.15) is 0 Å². The average molecular weight is 340 g/mol. The van der Waals surface area contributed by atoms with E-state index in [4.69, 9.17) is 9.84 Å². The molecule has 0 spiro atoms. The molecule has 2 aromatic carbocycles.